The van der Waals surface area contributed by atoms with Gasteiger partial charge in [0.15, 0.2) is 0 Å². The van der Waals surface area contributed by atoms with E-state index in [0.717, 1.165) is 6.42 Å². The Hall–Kier alpha value is -3.86. The van der Waals surface area contributed by atoms with Crippen LogP contribution >= 0.6 is 0 Å². The standard InChI is InChI=1S/C24H22N2O9/c27-23(13-1-5-17(6-2-13)25(29)30)34-11-15-9-16-12-33-22-20(10-19(15)21(16)22)35-24(28)14-3-7-18(8-4-14)26(31)32/h1-8,15-16,19-22H,9-12H2/t15-,16+,19+,20-,21-,22+/m1/s1. The van der Waals surface area contributed by atoms with Crippen molar-refractivity contribution >= 4 is 23.3 Å². The van der Waals surface area contributed by atoms with Gasteiger partial charge in [0.25, 0.3) is 11.4 Å². The van der Waals surface area contributed by atoms with Gasteiger partial charge in [-0.25, -0.2) is 9.59 Å². The predicted molar refractivity (Wildman–Crippen MR) is 119 cm³/mol. The van der Waals surface area contributed by atoms with Gasteiger partial charge in [0.05, 0.1) is 40.3 Å². The van der Waals surface area contributed by atoms with Gasteiger partial charge >= 0.3 is 11.9 Å². The van der Waals surface area contributed by atoms with Crippen molar-refractivity contribution in [3.05, 3.63) is 79.9 Å². The summed E-state index contributed by atoms with van der Waals surface area (Å²) < 4.78 is 17.2. The van der Waals surface area contributed by atoms with Crippen LogP contribution in [0.15, 0.2) is 48.5 Å². The second kappa shape index (κ2) is 9.06. The highest BCUT2D eigenvalue weighted by Crippen LogP contribution is 2.56. The van der Waals surface area contributed by atoms with Crippen molar-refractivity contribution in [2.75, 3.05) is 13.2 Å². The Morgan fingerprint density at radius 1 is 0.886 bits per heavy atom. The third-order valence-corrected chi connectivity index (χ3v) is 7.32. The van der Waals surface area contributed by atoms with Crippen LogP contribution in [0.1, 0.15) is 33.6 Å². The first-order chi connectivity index (χ1) is 16.8. The monoisotopic (exact) mass is 482 g/mol. The predicted octanol–water partition coefficient (Wildman–Crippen LogP) is 3.56. The van der Waals surface area contributed by atoms with Crippen LogP contribution in [-0.4, -0.2) is 47.2 Å². The molecule has 2 aromatic carbocycles. The summed E-state index contributed by atoms with van der Waals surface area (Å²) >= 11 is 0. The maximum Gasteiger partial charge on any atom is 0.338 e. The molecule has 1 heterocycles. The molecule has 0 bridgehead atoms. The van der Waals surface area contributed by atoms with E-state index in [4.69, 9.17) is 14.2 Å². The first kappa shape index (κ1) is 22.9. The lowest BCUT2D eigenvalue weighted by molar-refractivity contribution is -0.385. The van der Waals surface area contributed by atoms with E-state index < -0.39 is 27.9 Å². The van der Waals surface area contributed by atoms with E-state index in [0.29, 0.717) is 18.9 Å². The fourth-order valence-corrected chi connectivity index (χ4v) is 5.75. The molecule has 11 nitrogen and oxygen atoms in total. The van der Waals surface area contributed by atoms with Gasteiger partial charge in [-0.2, -0.15) is 0 Å². The molecule has 182 valence electrons. The molecule has 3 aliphatic rings. The highest BCUT2D eigenvalue weighted by Gasteiger charge is 2.59. The molecule has 5 rings (SSSR count). The zero-order valence-electron chi connectivity index (χ0n) is 18.5. The lowest BCUT2D eigenvalue weighted by atomic mass is 9.91. The fourth-order valence-electron chi connectivity index (χ4n) is 5.75. The van der Waals surface area contributed by atoms with Crippen LogP contribution in [0.25, 0.3) is 0 Å². The topological polar surface area (TPSA) is 148 Å². The van der Waals surface area contributed by atoms with E-state index in [1.807, 2.05) is 0 Å². The van der Waals surface area contributed by atoms with E-state index in [1.165, 1.54) is 48.5 Å². The molecule has 2 saturated carbocycles. The van der Waals surface area contributed by atoms with Crippen molar-refractivity contribution in [2.45, 2.75) is 25.0 Å². The Morgan fingerprint density at radius 2 is 1.46 bits per heavy atom. The summed E-state index contributed by atoms with van der Waals surface area (Å²) in [5, 5.41) is 21.6. The Balaban J connectivity index is 1.20. The third kappa shape index (κ3) is 4.34. The van der Waals surface area contributed by atoms with Crippen molar-refractivity contribution in [3.8, 4) is 0 Å². The van der Waals surface area contributed by atoms with Gasteiger partial charge in [0.2, 0.25) is 0 Å². The zero-order chi connectivity index (χ0) is 24.7. The molecular weight excluding hydrogens is 460 g/mol. The van der Waals surface area contributed by atoms with Crippen LogP contribution in [0.3, 0.4) is 0 Å². The summed E-state index contributed by atoms with van der Waals surface area (Å²) in [6, 6.07) is 10.5. The maximum absolute atomic E-state index is 12.6. The number of carbonyl (C=O) groups excluding carboxylic acids is 2. The van der Waals surface area contributed by atoms with Crippen molar-refractivity contribution in [2.24, 2.45) is 23.7 Å². The number of nitrogens with zero attached hydrogens (tertiary/aromatic N) is 2. The summed E-state index contributed by atoms with van der Waals surface area (Å²) in [7, 11) is 0. The number of hydrogen-bond donors (Lipinski definition) is 0. The highest BCUT2D eigenvalue weighted by atomic mass is 16.6. The molecule has 1 saturated heterocycles. The van der Waals surface area contributed by atoms with Crippen LogP contribution in [0.4, 0.5) is 11.4 Å². The van der Waals surface area contributed by atoms with Crippen LogP contribution in [0, 0.1) is 43.9 Å². The number of carbonyl (C=O) groups is 2. The van der Waals surface area contributed by atoms with Gasteiger partial charge in [-0.15, -0.1) is 0 Å². The Kier molecular flexibility index (Phi) is 5.93. The van der Waals surface area contributed by atoms with Crippen molar-refractivity contribution in [1.82, 2.24) is 0 Å². The van der Waals surface area contributed by atoms with Gasteiger partial charge < -0.3 is 14.2 Å². The lowest BCUT2D eigenvalue weighted by Gasteiger charge is -2.19. The molecule has 3 fully saturated rings. The summed E-state index contributed by atoms with van der Waals surface area (Å²) in [5.41, 5.74) is 0.272. The summed E-state index contributed by atoms with van der Waals surface area (Å²) in [4.78, 5) is 45.6. The number of benzene rings is 2. The average Bonchev–Trinajstić information content (AvgIpc) is 3.53. The molecule has 0 unspecified atom stereocenters. The molecule has 35 heavy (non-hydrogen) atoms. The van der Waals surface area contributed by atoms with Crippen LogP contribution < -0.4 is 0 Å². The van der Waals surface area contributed by atoms with Gasteiger partial charge in [-0.3, -0.25) is 20.2 Å². The normalized spacial score (nSPS) is 28.3. The molecule has 0 amide bonds. The fraction of sp³-hybridized carbons (Fsp3) is 0.417. The minimum Gasteiger partial charge on any atom is -0.462 e. The SMILES string of the molecule is O=C(OC[C@H]1C[C@H]2CO[C@@H]3[C@H]2[C@H]1C[C@H]3OC(=O)c1ccc([N+](=O)[O-])cc1)c1ccc([N+](=O)[O-])cc1. The molecular formula is C24H22N2O9. The molecule has 2 aliphatic carbocycles. The van der Waals surface area contributed by atoms with Gasteiger partial charge in [-0.1, -0.05) is 0 Å². The molecule has 0 spiro atoms. The first-order valence-corrected chi connectivity index (χ1v) is 11.3. The van der Waals surface area contributed by atoms with E-state index >= 15 is 0 Å². The van der Waals surface area contributed by atoms with Gasteiger partial charge in [-0.05, 0) is 60.8 Å². The lowest BCUT2D eigenvalue weighted by Crippen LogP contribution is -2.29. The van der Waals surface area contributed by atoms with Crippen LogP contribution in [-0.2, 0) is 14.2 Å². The molecule has 0 aromatic heterocycles. The van der Waals surface area contributed by atoms with E-state index in [1.54, 1.807) is 0 Å². The van der Waals surface area contributed by atoms with Crippen molar-refractivity contribution in [1.29, 1.82) is 0 Å². The Labute approximate surface area is 199 Å². The smallest absolute Gasteiger partial charge is 0.338 e. The summed E-state index contributed by atoms with van der Waals surface area (Å²) in [5.74, 6) is -0.306. The zero-order valence-corrected chi connectivity index (χ0v) is 18.5. The molecule has 0 radical (unpaired) electrons. The molecule has 2 aromatic rings. The molecule has 11 heteroatoms. The number of non-ortho nitro benzene ring substituents is 2. The van der Waals surface area contributed by atoms with Crippen molar-refractivity contribution in [3.63, 3.8) is 0 Å². The number of rotatable bonds is 7. The largest absolute Gasteiger partial charge is 0.462 e. The third-order valence-electron chi connectivity index (χ3n) is 7.32. The highest BCUT2D eigenvalue weighted by molar-refractivity contribution is 5.90. The number of esters is 2. The molecule has 1 aliphatic heterocycles. The van der Waals surface area contributed by atoms with E-state index in [9.17, 15) is 29.8 Å². The number of hydrogen-bond acceptors (Lipinski definition) is 9. The molecule has 0 N–H and O–H groups in total. The minimum atomic E-state index is -0.557. The van der Waals surface area contributed by atoms with E-state index in [2.05, 4.69) is 0 Å². The van der Waals surface area contributed by atoms with Gasteiger partial charge in [0, 0.05) is 24.3 Å². The molecule has 6 atom stereocenters. The van der Waals surface area contributed by atoms with Crippen LogP contribution in [0.5, 0.6) is 0 Å². The summed E-state index contributed by atoms with van der Waals surface area (Å²) in [6.07, 6.45) is 0.778. The van der Waals surface area contributed by atoms with Gasteiger partial charge in [0.1, 0.15) is 6.10 Å². The van der Waals surface area contributed by atoms with Crippen LogP contribution in [0.2, 0.25) is 0 Å². The minimum absolute atomic E-state index is 0.0986. The Morgan fingerprint density at radius 3 is 2.03 bits per heavy atom. The second-order valence-electron chi connectivity index (χ2n) is 9.18. The van der Waals surface area contributed by atoms with Crippen molar-refractivity contribution < 1.29 is 33.6 Å². The maximum atomic E-state index is 12.6. The average molecular weight is 482 g/mol. The number of ether oxygens (including phenoxy) is 3. The first-order valence-electron chi connectivity index (χ1n) is 11.3. The van der Waals surface area contributed by atoms with E-state index in [-0.39, 0.29) is 53.0 Å². The number of nitro benzene ring substituents is 2. The summed E-state index contributed by atoms with van der Waals surface area (Å²) in [6.45, 7) is 0.771. The number of nitro groups is 2. The second-order valence-corrected chi connectivity index (χ2v) is 9.18. The quantitative estimate of drug-likeness (QED) is 0.328. The Bertz CT molecular complexity index is 1160.